The van der Waals surface area contributed by atoms with Crippen molar-refractivity contribution in [2.75, 3.05) is 6.54 Å². The van der Waals surface area contributed by atoms with E-state index in [0.29, 0.717) is 6.04 Å². The van der Waals surface area contributed by atoms with E-state index >= 15 is 0 Å². The number of nitrogens with one attached hydrogen (secondary N) is 1. The molecule has 1 saturated heterocycles. The molecule has 1 unspecified atom stereocenters. The van der Waals surface area contributed by atoms with E-state index in [4.69, 9.17) is 0 Å². The van der Waals surface area contributed by atoms with Crippen LogP contribution in [0.25, 0.3) is 17.2 Å². The van der Waals surface area contributed by atoms with E-state index in [9.17, 15) is 0 Å². The highest BCUT2D eigenvalue weighted by atomic mass is 15.0. The lowest BCUT2D eigenvalue weighted by molar-refractivity contribution is 0.397. The Hall–Kier alpha value is -2.00. The molecule has 1 aliphatic rings. The van der Waals surface area contributed by atoms with E-state index in [1.54, 1.807) is 0 Å². The summed E-state index contributed by atoms with van der Waals surface area (Å²) in [6.45, 7) is 4.83. The summed E-state index contributed by atoms with van der Waals surface area (Å²) in [6, 6.07) is 8.58. The molecule has 0 amide bonds. The lowest BCUT2D eigenvalue weighted by Crippen LogP contribution is -2.28. The standard InChI is InChI=1S/C17H19N3/c1-2-13-6-8-14(9-7-13)15-11-19-17(20-12-15)16-5-3-4-10-18-16/h2,6-9,11-12,16,18H,1,3-5,10H2. The molecule has 1 aromatic carbocycles. The van der Waals surface area contributed by atoms with Gasteiger partial charge in [0.05, 0.1) is 6.04 Å². The van der Waals surface area contributed by atoms with Crippen LogP contribution in [0.2, 0.25) is 0 Å². The first-order chi connectivity index (χ1) is 9.86. The van der Waals surface area contributed by atoms with Crippen molar-refractivity contribution in [1.82, 2.24) is 15.3 Å². The zero-order valence-corrected chi connectivity index (χ0v) is 11.5. The number of rotatable bonds is 3. The molecule has 1 aliphatic heterocycles. The summed E-state index contributed by atoms with van der Waals surface area (Å²) in [5.41, 5.74) is 3.32. The fraction of sp³-hybridized carbons (Fsp3) is 0.294. The van der Waals surface area contributed by atoms with Crippen LogP contribution in [0.5, 0.6) is 0 Å². The Morgan fingerprint density at radius 3 is 2.40 bits per heavy atom. The Labute approximate surface area is 119 Å². The SMILES string of the molecule is C=Cc1ccc(-c2cnc(C3CCCCN3)nc2)cc1. The molecule has 1 N–H and O–H groups in total. The van der Waals surface area contributed by atoms with Gasteiger partial charge >= 0.3 is 0 Å². The minimum atomic E-state index is 0.320. The van der Waals surface area contributed by atoms with Crippen LogP contribution in [-0.2, 0) is 0 Å². The fourth-order valence-corrected chi connectivity index (χ4v) is 2.55. The lowest BCUT2D eigenvalue weighted by Gasteiger charge is -2.21. The van der Waals surface area contributed by atoms with Gasteiger partial charge in [0, 0.05) is 18.0 Å². The first kappa shape index (κ1) is 13.0. The molecule has 3 heteroatoms. The highest BCUT2D eigenvalue weighted by Gasteiger charge is 2.16. The molecular weight excluding hydrogens is 246 g/mol. The molecule has 0 saturated carbocycles. The second-order valence-corrected chi connectivity index (χ2v) is 5.16. The summed E-state index contributed by atoms with van der Waals surface area (Å²) in [7, 11) is 0. The van der Waals surface area contributed by atoms with Crippen molar-refractivity contribution < 1.29 is 0 Å². The van der Waals surface area contributed by atoms with Gasteiger partial charge in [-0.05, 0) is 30.5 Å². The molecule has 3 rings (SSSR count). The smallest absolute Gasteiger partial charge is 0.145 e. The Kier molecular flexibility index (Phi) is 3.88. The van der Waals surface area contributed by atoms with Crippen molar-refractivity contribution in [2.24, 2.45) is 0 Å². The third-order valence-corrected chi connectivity index (χ3v) is 3.77. The van der Waals surface area contributed by atoms with E-state index in [2.05, 4.69) is 46.1 Å². The quantitative estimate of drug-likeness (QED) is 0.921. The van der Waals surface area contributed by atoms with Crippen LogP contribution in [0.1, 0.15) is 36.7 Å². The molecule has 1 aromatic heterocycles. The number of hydrogen-bond acceptors (Lipinski definition) is 3. The van der Waals surface area contributed by atoms with Gasteiger partial charge in [0.25, 0.3) is 0 Å². The zero-order chi connectivity index (χ0) is 13.8. The van der Waals surface area contributed by atoms with Gasteiger partial charge in [0.15, 0.2) is 0 Å². The van der Waals surface area contributed by atoms with Gasteiger partial charge in [0.1, 0.15) is 5.82 Å². The van der Waals surface area contributed by atoms with Crippen LogP contribution in [-0.4, -0.2) is 16.5 Å². The fourth-order valence-electron chi connectivity index (χ4n) is 2.55. The molecular formula is C17H19N3. The van der Waals surface area contributed by atoms with Crippen LogP contribution in [0, 0.1) is 0 Å². The number of aromatic nitrogens is 2. The third kappa shape index (κ3) is 2.78. The molecule has 102 valence electrons. The maximum Gasteiger partial charge on any atom is 0.145 e. The van der Waals surface area contributed by atoms with Gasteiger partial charge in [-0.1, -0.05) is 43.3 Å². The molecule has 2 heterocycles. The van der Waals surface area contributed by atoms with E-state index in [1.165, 1.54) is 12.8 Å². The van der Waals surface area contributed by atoms with Crippen LogP contribution >= 0.6 is 0 Å². The van der Waals surface area contributed by atoms with Gasteiger partial charge in [-0.2, -0.15) is 0 Å². The molecule has 3 nitrogen and oxygen atoms in total. The number of piperidine rings is 1. The third-order valence-electron chi connectivity index (χ3n) is 3.77. The second kappa shape index (κ2) is 5.97. The Balaban J connectivity index is 1.79. The number of hydrogen-bond donors (Lipinski definition) is 1. The van der Waals surface area contributed by atoms with Gasteiger partial charge < -0.3 is 5.32 Å². The molecule has 0 spiro atoms. The Morgan fingerprint density at radius 1 is 1.05 bits per heavy atom. The summed E-state index contributed by atoms with van der Waals surface area (Å²) < 4.78 is 0. The van der Waals surface area contributed by atoms with Crippen LogP contribution < -0.4 is 5.32 Å². The maximum absolute atomic E-state index is 4.53. The van der Waals surface area contributed by atoms with Gasteiger partial charge in [0.2, 0.25) is 0 Å². The molecule has 0 radical (unpaired) electrons. The summed E-state index contributed by atoms with van der Waals surface area (Å²) in [5.74, 6) is 0.913. The van der Waals surface area contributed by atoms with Crippen molar-refractivity contribution in [3.8, 4) is 11.1 Å². The summed E-state index contributed by atoms with van der Waals surface area (Å²) in [6.07, 6.45) is 9.32. The predicted molar refractivity (Wildman–Crippen MR) is 82.2 cm³/mol. The van der Waals surface area contributed by atoms with Crippen molar-refractivity contribution in [2.45, 2.75) is 25.3 Å². The summed E-state index contributed by atoms with van der Waals surface area (Å²) in [4.78, 5) is 9.06. The topological polar surface area (TPSA) is 37.8 Å². The Bertz CT molecular complexity index is 566. The van der Waals surface area contributed by atoms with Gasteiger partial charge in [-0.15, -0.1) is 0 Å². The van der Waals surface area contributed by atoms with Crippen LogP contribution in [0.15, 0.2) is 43.2 Å². The zero-order valence-electron chi connectivity index (χ0n) is 11.5. The van der Waals surface area contributed by atoms with E-state index < -0.39 is 0 Å². The van der Waals surface area contributed by atoms with Crippen molar-refractivity contribution in [3.63, 3.8) is 0 Å². The van der Waals surface area contributed by atoms with Crippen LogP contribution in [0.4, 0.5) is 0 Å². The Morgan fingerprint density at radius 2 is 1.80 bits per heavy atom. The molecule has 20 heavy (non-hydrogen) atoms. The van der Waals surface area contributed by atoms with Gasteiger partial charge in [-0.25, -0.2) is 9.97 Å². The minimum absolute atomic E-state index is 0.320. The minimum Gasteiger partial charge on any atom is -0.307 e. The number of benzene rings is 1. The molecule has 1 atom stereocenters. The largest absolute Gasteiger partial charge is 0.307 e. The normalized spacial score (nSPS) is 18.7. The van der Waals surface area contributed by atoms with E-state index in [-0.39, 0.29) is 0 Å². The maximum atomic E-state index is 4.53. The highest BCUT2D eigenvalue weighted by Crippen LogP contribution is 2.22. The second-order valence-electron chi connectivity index (χ2n) is 5.16. The average Bonchev–Trinajstić information content (AvgIpc) is 2.56. The first-order valence-electron chi connectivity index (χ1n) is 7.15. The summed E-state index contributed by atoms with van der Waals surface area (Å²) >= 11 is 0. The molecule has 1 fully saturated rings. The monoisotopic (exact) mass is 265 g/mol. The lowest BCUT2D eigenvalue weighted by atomic mass is 10.0. The van der Waals surface area contributed by atoms with E-state index in [1.807, 2.05) is 18.5 Å². The molecule has 2 aromatic rings. The first-order valence-corrected chi connectivity index (χ1v) is 7.15. The molecule has 0 bridgehead atoms. The number of nitrogens with zero attached hydrogens (tertiary/aromatic N) is 2. The van der Waals surface area contributed by atoms with Crippen molar-refractivity contribution in [3.05, 3.63) is 54.6 Å². The average molecular weight is 265 g/mol. The van der Waals surface area contributed by atoms with E-state index in [0.717, 1.165) is 35.5 Å². The molecule has 0 aliphatic carbocycles. The highest BCUT2D eigenvalue weighted by molar-refractivity contribution is 5.63. The summed E-state index contributed by atoms with van der Waals surface area (Å²) in [5, 5.41) is 3.47. The van der Waals surface area contributed by atoms with Gasteiger partial charge in [-0.3, -0.25) is 0 Å². The predicted octanol–water partition coefficient (Wildman–Crippen LogP) is 3.60. The van der Waals surface area contributed by atoms with Crippen LogP contribution in [0.3, 0.4) is 0 Å². The van der Waals surface area contributed by atoms with Crippen molar-refractivity contribution >= 4 is 6.08 Å². The van der Waals surface area contributed by atoms with Crippen molar-refractivity contribution in [1.29, 1.82) is 0 Å².